The van der Waals surface area contributed by atoms with Gasteiger partial charge in [-0.2, -0.15) is 0 Å². The number of amides is 3. The van der Waals surface area contributed by atoms with Crippen LogP contribution in [0.4, 0.5) is 0 Å². The first-order valence-electron chi connectivity index (χ1n) is 10.8. The predicted octanol–water partition coefficient (Wildman–Crippen LogP) is -2.14. The maximum absolute atomic E-state index is 12.9. The Hall–Kier alpha value is -2.70. The Kier molecular flexibility index (Phi) is 9.42. The normalized spacial score (nSPS) is 26.3. The summed E-state index contributed by atoms with van der Waals surface area (Å²) in [5, 5.41) is 38.6. The maximum atomic E-state index is 12.9. The molecule has 1 heterocycles. The van der Waals surface area contributed by atoms with Gasteiger partial charge in [-0.15, -0.1) is 0 Å². The average Bonchev–Trinajstić information content (AvgIpc) is 3.19. The highest BCUT2D eigenvalue weighted by atomic mass is 16.4. The van der Waals surface area contributed by atoms with Crippen LogP contribution in [0.1, 0.15) is 38.5 Å². The molecule has 2 fully saturated rings. The fraction of sp³-hybridized carbons (Fsp3) is 0.700. The number of nitrogens with one attached hydrogen (secondary N) is 4. The van der Waals surface area contributed by atoms with E-state index in [4.69, 9.17) is 10.8 Å². The van der Waals surface area contributed by atoms with Crippen molar-refractivity contribution in [2.45, 2.75) is 62.2 Å². The van der Waals surface area contributed by atoms with Gasteiger partial charge in [0.05, 0.1) is 12.3 Å². The molecule has 1 aliphatic carbocycles. The van der Waals surface area contributed by atoms with Gasteiger partial charge in [0.15, 0.2) is 0 Å². The van der Waals surface area contributed by atoms with Crippen LogP contribution >= 0.6 is 0 Å². The highest BCUT2D eigenvalue weighted by molar-refractivity contribution is 5.99. The fourth-order valence-electron chi connectivity index (χ4n) is 3.82. The molecule has 0 aromatic heterocycles. The van der Waals surface area contributed by atoms with Crippen molar-refractivity contribution in [3.05, 3.63) is 12.3 Å². The summed E-state index contributed by atoms with van der Waals surface area (Å²) in [6.07, 6.45) is 4.51. The molecule has 3 amide bonds. The lowest BCUT2D eigenvalue weighted by molar-refractivity contribution is -0.143. The molecule has 0 spiro atoms. The van der Waals surface area contributed by atoms with Crippen molar-refractivity contribution in [2.24, 2.45) is 11.7 Å². The Morgan fingerprint density at radius 1 is 1.22 bits per heavy atom. The van der Waals surface area contributed by atoms with Gasteiger partial charge in [-0.05, 0) is 57.7 Å². The van der Waals surface area contributed by atoms with E-state index in [2.05, 4.69) is 21.3 Å². The highest BCUT2D eigenvalue weighted by Crippen LogP contribution is 2.43. The third-order valence-electron chi connectivity index (χ3n) is 5.86. The molecular formula is C20H33N5O7. The van der Waals surface area contributed by atoms with Crippen molar-refractivity contribution in [3.63, 3.8) is 0 Å². The number of aliphatic carboxylic acids is 1. The first-order valence-corrected chi connectivity index (χ1v) is 10.8. The van der Waals surface area contributed by atoms with Crippen LogP contribution in [0.2, 0.25) is 0 Å². The van der Waals surface area contributed by atoms with E-state index in [0.717, 1.165) is 12.5 Å². The van der Waals surface area contributed by atoms with Crippen molar-refractivity contribution >= 4 is 23.7 Å². The maximum Gasteiger partial charge on any atom is 0.326 e. The number of unbranched alkanes of at least 4 members (excludes halogenated alkanes) is 1. The number of rotatable bonds is 13. The second-order valence-corrected chi connectivity index (χ2v) is 8.17. The molecule has 0 bridgehead atoms. The van der Waals surface area contributed by atoms with Crippen LogP contribution in [0.25, 0.3) is 0 Å². The van der Waals surface area contributed by atoms with Crippen LogP contribution in [0.15, 0.2) is 12.3 Å². The number of hydrogen-bond donors (Lipinski definition) is 8. The van der Waals surface area contributed by atoms with Crippen LogP contribution in [0.5, 0.6) is 0 Å². The van der Waals surface area contributed by atoms with Crippen LogP contribution in [0, 0.1) is 5.92 Å². The fourth-order valence-corrected chi connectivity index (χ4v) is 3.82. The van der Waals surface area contributed by atoms with Crippen LogP contribution < -0.4 is 27.0 Å². The molecule has 12 heteroatoms. The number of aliphatic hydroxyl groups excluding tert-OH is 2. The van der Waals surface area contributed by atoms with E-state index >= 15 is 0 Å². The number of carboxylic acids is 1. The molecule has 0 aromatic carbocycles. The van der Waals surface area contributed by atoms with Crippen molar-refractivity contribution in [1.29, 1.82) is 0 Å². The van der Waals surface area contributed by atoms with Crippen molar-refractivity contribution in [2.75, 3.05) is 19.7 Å². The summed E-state index contributed by atoms with van der Waals surface area (Å²) in [7, 11) is 0. The molecule has 1 unspecified atom stereocenters. The van der Waals surface area contributed by atoms with Crippen molar-refractivity contribution in [3.8, 4) is 0 Å². The van der Waals surface area contributed by atoms with E-state index in [0.29, 0.717) is 38.6 Å². The molecular weight excluding hydrogens is 422 g/mol. The number of carbonyl (C=O) groups excluding carboxylic acids is 3. The van der Waals surface area contributed by atoms with E-state index in [1.807, 2.05) is 0 Å². The molecule has 5 atom stereocenters. The van der Waals surface area contributed by atoms with Gasteiger partial charge in [0.2, 0.25) is 17.7 Å². The van der Waals surface area contributed by atoms with Crippen molar-refractivity contribution < 1.29 is 34.5 Å². The monoisotopic (exact) mass is 455 g/mol. The Balaban J connectivity index is 2.06. The molecule has 0 aromatic rings. The minimum Gasteiger partial charge on any atom is -0.516 e. The number of aliphatic hydroxyl groups is 2. The van der Waals surface area contributed by atoms with E-state index in [9.17, 15) is 29.4 Å². The first-order chi connectivity index (χ1) is 15.3. The Bertz CT molecular complexity index is 725. The molecule has 12 nitrogen and oxygen atoms in total. The Morgan fingerprint density at radius 3 is 2.50 bits per heavy atom. The van der Waals surface area contributed by atoms with Gasteiger partial charge in [-0.25, -0.2) is 4.79 Å². The SMILES string of the molecule is NCCCC[C@H](NC(=O)C1(NC(=O)[C@H](/C=C/O)NC(=O)[C@@H]2CCCN2)C[C@H]1CO)C(=O)O. The summed E-state index contributed by atoms with van der Waals surface area (Å²) in [6.45, 7) is 0.689. The molecule has 180 valence electrons. The lowest BCUT2D eigenvalue weighted by Crippen LogP contribution is -2.59. The first kappa shape index (κ1) is 25.6. The predicted molar refractivity (Wildman–Crippen MR) is 113 cm³/mol. The van der Waals surface area contributed by atoms with Crippen LogP contribution in [0.3, 0.4) is 0 Å². The van der Waals surface area contributed by atoms with E-state index in [1.165, 1.54) is 0 Å². The smallest absolute Gasteiger partial charge is 0.326 e. The van der Waals surface area contributed by atoms with Gasteiger partial charge in [0.25, 0.3) is 0 Å². The summed E-state index contributed by atoms with van der Waals surface area (Å²) in [6, 6.07) is -2.87. The van der Waals surface area contributed by atoms with Crippen LogP contribution in [-0.2, 0) is 19.2 Å². The minimum atomic E-state index is -1.49. The molecule has 9 N–H and O–H groups in total. The molecule has 1 aliphatic heterocycles. The van der Waals surface area contributed by atoms with E-state index < -0.39 is 59.9 Å². The summed E-state index contributed by atoms with van der Waals surface area (Å²) in [4.78, 5) is 49.6. The quantitative estimate of drug-likeness (QED) is 0.113. The molecule has 1 saturated heterocycles. The van der Waals surface area contributed by atoms with Crippen molar-refractivity contribution in [1.82, 2.24) is 21.3 Å². The second-order valence-electron chi connectivity index (χ2n) is 8.17. The molecule has 2 aliphatic rings. The number of hydrogen-bond acceptors (Lipinski definition) is 8. The molecule has 2 rings (SSSR count). The molecule has 32 heavy (non-hydrogen) atoms. The third kappa shape index (κ3) is 6.40. The Labute approximate surface area is 186 Å². The second kappa shape index (κ2) is 11.8. The van der Waals surface area contributed by atoms with E-state index in [-0.39, 0.29) is 12.8 Å². The largest absolute Gasteiger partial charge is 0.516 e. The molecule has 1 saturated carbocycles. The number of carboxylic acid groups (broad SMARTS) is 1. The summed E-state index contributed by atoms with van der Waals surface area (Å²) >= 11 is 0. The number of carbonyl (C=O) groups is 4. The highest BCUT2D eigenvalue weighted by Gasteiger charge is 2.61. The zero-order chi connectivity index (χ0) is 23.7. The van der Waals surface area contributed by atoms with Gasteiger partial charge in [0.1, 0.15) is 17.6 Å². The number of nitrogens with two attached hydrogens (primary N) is 1. The topological polar surface area (TPSA) is 203 Å². The summed E-state index contributed by atoms with van der Waals surface area (Å²) in [5.74, 6) is -3.71. The standard InChI is InChI=1S/C20H33N5O7/c21-7-2-1-4-15(18(30)31)24-19(32)20(10-12(20)11-27)25-17(29)14(6-9-26)23-16(28)13-5-3-8-22-13/h6,9,12-15,22,26-27H,1-5,7-8,10-11,21H2,(H,23,28)(H,24,32)(H,25,29)(H,30,31)/b9-6+/t12-,13-,14-,15-,20?/m0/s1. The Morgan fingerprint density at radius 2 is 1.97 bits per heavy atom. The van der Waals surface area contributed by atoms with Gasteiger partial charge in [-0.3, -0.25) is 14.4 Å². The zero-order valence-corrected chi connectivity index (χ0v) is 17.9. The minimum absolute atomic E-state index is 0.115. The summed E-state index contributed by atoms with van der Waals surface area (Å²) in [5.41, 5.74) is 3.93. The third-order valence-corrected chi connectivity index (χ3v) is 5.86. The lowest BCUT2D eigenvalue weighted by atomic mass is 10.1. The van der Waals surface area contributed by atoms with Gasteiger partial charge < -0.3 is 42.3 Å². The van der Waals surface area contributed by atoms with E-state index in [1.54, 1.807) is 0 Å². The van der Waals surface area contributed by atoms with Crippen LogP contribution in [-0.4, -0.2) is 82.4 Å². The lowest BCUT2D eigenvalue weighted by Gasteiger charge is -2.24. The average molecular weight is 456 g/mol. The van der Waals surface area contributed by atoms with Gasteiger partial charge >= 0.3 is 5.97 Å². The van der Waals surface area contributed by atoms with Gasteiger partial charge in [0, 0.05) is 12.5 Å². The summed E-state index contributed by atoms with van der Waals surface area (Å²) < 4.78 is 0. The zero-order valence-electron chi connectivity index (χ0n) is 17.9. The van der Waals surface area contributed by atoms with Gasteiger partial charge in [-0.1, -0.05) is 0 Å². The molecule has 0 radical (unpaired) electrons.